The van der Waals surface area contributed by atoms with Gasteiger partial charge in [0.15, 0.2) is 9.84 Å². The first-order valence-electron chi connectivity index (χ1n) is 5.75. The zero-order valence-corrected chi connectivity index (χ0v) is 11.6. The summed E-state index contributed by atoms with van der Waals surface area (Å²) in [4.78, 5) is 0.283. The molecule has 19 heavy (non-hydrogen) atoms. The number of rotatable bonds is 4. The first kappa shape index (κ1) is 13.4. The summed E-state index contributed by atoms with van der Waals surface area (Å²) in [5.74, 6) is 1.30. The molecule has 0 heterocycles. The number of benzene rings is 2. The Morgan fingerprint density at radius 1 is 0.895 bits per heavy atom. The van der Waals surface area contributed by atoms with Crippen LogP contribution in [0.3, 0.4) is 0 Å². The predicted octanol–water partition coefficient (Wildman–Crippen LogP) is 2.92. The highest BCUT2D eigenvalue weighted by Crippen LogP contribution is 2.24. The van der Waals surface area contributed by atoms with E-state index in [1.165, 1.54) is 18.4 Å². The first-order valence-corrected chi connectivity index (χ1v) is 7.64. The Hall–Kier alpha value is -2.01. The summed E-state index contributed by atoms with van der Waals surface area (Å²) < 4.78 is 28.3. The monoisotopic (exact) mass is 277 g/mol. The van der Waals surface area contributed by atoms with Crippen LogP contribution in [0.1, 0.15) is 0 Å². The molecular formula is C14H15NO3S. The van der Waals surface area contributed by atoms with Crippen LogP contribution in [0, 0.1) is 0 Å². The van der Waals surface area contributed by atoms with Gasteiger partial charge in [0.05, 0.1) is 4.90 Å². The number of hydrogen-bond acceptors (Lipinski definition) is 4. The fourth-order valence-corrected chi connectivity index (χ4v) is 2.21. The Morgan fingerprint density at radius 3 is 1.79 bits per heavy atom. The highest BCUT2D eigenvalue weighted by atomic mass is 32.2. The van der Waals surface area contributed by atoms with E-state index in [1.54, 1.807) is 12.1 Å². The molecule has 0 bridgehead atoms. The normalized spacial score (nSPS) is 11.1. The average molecular weight is 277 g/mol. The second-order valence-electron chi connectivity index (χ2n) is 4.12. The lowest BCUT2D eigenvalue weighted by atomic mass is 10.3. The summed E-state index contributed by atoms with van der Waals surface area (Å²) in [6, 6.07) is 13.8. The van der Waals surface area contributed by atoms with Gasteiger partial charge in [-0.1, -0.05) is 0 Å². The number of anilines is 1. The largest absolute Gasteiger partial charge is 0.457 e. The summed E-state index contributed by atoms with van der Waals surface area (Å²) in [5.41, 5.74) is 1.000. The van der Waals surface area contributed by atoms with Gasteiger partial charge < -0.3 is 10.1 Å². The minimum atomic E-state index is -3.17. The van der Waals surface area contributed by atoms with Crippen molar-refractivity contribution in [2.45, 2.75) is 4.90 Å². The maximum Gasteiger partial charge on any atom is 0.175 e. The van der Waals surface area contributed by atoms with E-state index in [0.717, 1.165) is 5.69 Å². The van der Waals surface area contributed by atoms with Crippen LogP contribution in [0.2, 0.25) is 0 Å². The van der Waals surface area contributed by atoms with Crippen LogP contribution in [-0.4, -0.2) is 21.7 Å². The zero-order valence-electron chi connectivity index (χ0n) is 10.8. The highest BCUT2D eigenvalue weighted by Gasteiger charge is 2.06. The summed E-state index contributed by atoms with van der Waals surface area (Å²) in [5, 5.41) is 3.02. The fraction of sp³-hybridized carbons (Fsp3) is 0.143. The molecule has 0 amide bonds. The Balaban J connectivity index is 2.15. The molecule has 2 aromatic carbocycles. The van der Waals surface area contributed by atoms with E-state index in [0.29, 0.717) is 11.5 Å². The minimum Gasteiger partial charge on any atom is -0.457 e. The average Bonchev–Trinajstić information content (AvgIpc) is 2.39. The summed E-state index contributed by atoms with van der Waals surface area (Å²) in [6.07, 6.45) is 1.18. The van der Waals surface area contributed by atoms with Crippen molar-refractivity contribution in [2.24, 2.45) is 0 Å². The maximum atomic E-state index is 11.3. The SMILES string of the molecule is CNc1ccc(Oc2ccc(S(C)(=O)=O)cc2)cc1. The Labute approximate surface area is 113 Å². The smallest absolute Gasteiger partial charge is 0.175 e. The zero-order chi connectivity index (χ0) is 13.9. The molecule has 2 aromatic rings. The van der Waals surface area contributed by atoms with Gasteiger partial charge >= 0.3 is 0 Å². The molecular weight excluding hydrogens is 262 g/mol. The van der Waals surface area contributed by atoms with Crippen molar-refractivity contribution in [3.05, 3.63) is 48.5 Å². The van der Waals surface area contributed by atoms with Crippen LogP contribution in [-0.2, 0) is 9.84 Å². The second kappa shape index (κ2) is 5.32. The predicted molar refractivity (Wildman–Crippen MR) is 75.6 cm³/mol. The van der Waals surface area contributed by atoms with Crippen molar-refractivity contribution < 1.29 is 13.2 Å². The molecule has 0 fully saturated rings. The van der Waals surface area contributed by atoms with Crippen LogP contribution in [0.4, 0.5) is 5.69 Å². The van der Waals surface area contributed by atoms with Crippen LogP contribution in [0.15, 0.2) is 53.4 Å². The first-order chi connectivity index (χ1) is 8.99. The molecule has 0 spiro atoms. The molecule has 0 radical (unpaired) electrons. The lowest BCUT2D eigenvalue weighted by Crippen LogP contribution is -1.96. The van der Waals surface area contributed by atoms with Crippen molar-refractivity contribution >= 4 is 15.5 Å². The summed E-state index contributed by atoms with van der Waals surface area (Å²) in [7, 11) is -1.32. The van der Waals surface area contributed by atoms with Crippen LogP contribution in [0.25, 0.3) is 0 Å². The quantitative estimate of drug-likeness (QED) is 0.933. The van der Waals surface area contributed by atoms with Gasteiger partial charge in [-0.3, -0.25) is 0 Å². The van der Waals surface area contributed by atoms with Crippen LogP contribution in [0.5, 0.6) is 11.5 Å². The molecule has 0 saturated heterocycles. The molecule has 0 aliphatic rings. The van der Waals surface area contributed by atoms with Crippen LogP contribution < -0.4 is 10.1 Å². The van der Waals surface area contributed by atoms with Gasteiger partial charge in [0, 0.05) is 19.0 Å². The second-order valence-corrected chi connectivity index (χ2v) is 6.14. The van der Waals surface area contributed by atoms with Gasteiger partial charge in [-0.2, -0.15) is 0 Å². The number of ether oxygens (including phenoxy) is 1. The molecule has 0 atom stereocenters. The number of sulfone groups is 1. The minimum absolute atomic E-state index is 0.283. The van der Waals surface area contributed by atoms with Crippen LogP contribution >= 0.6 is 0 Å². The summed E-state index contributed by atoms with van der Waals surface area (Å²) in [6.45, 7) is 0. The lowest BCUT2D eigenvalue weighted by molar-refractivity contribution is 0.482. The maximum absolute atomic E-state index is 11.3. The molecule has 4 nitrogen and oxygen atoms in total. The lowest BCUT2D eigenvalue weighted by Gasteiger charge is -2.07. The Morgan fingerprint density at radius 2 is 1.37 bits per heavy atom. The molecule has 5 heteroatoms. The molecule has 0 saturated carbocycles. The van der Waals surface area contributed by atoms with Gasteiger partial charge in [-0.05, 0) is 48.5 Å². The van der Waals surface area contributed by atoms with Crippen molar-refractivity contribution in [3.63, 3.8) is 0 Å². The van der Waals surface area contributed by atoms with E-state index in [2.05, 4.69) is 5.32 Å². The van der Waals surface area contributed by atoms with E-state index >= 15 is 0 Å². The van der Waals surface area contributed by atoms with Crippen molar-refractivity contribution in [1.82, 2.24) is 0 Å². The van der Waals surface area contributed by atoms with Crippen molar-refractivity contribution in [3.8, 4) is 11.5 Å². The van der Waals surface area contributed by atoms with E-state index in [-0.39, 0.29) is 4.90 Å². The van der Waals surface area contributed by atoms with E-state index in [1.807, 2.05) is 31.3 Å². The van der Waals surface area contributed by atoms with Gasteiger partial charge in [0.1, 0.15) is 11.5 Å². The molecule has 0 aliphatic carbocycles. The number of hydrogen-bond donors (Lipinski definition) is 1. The third-order valence-corrected chi connectivity index (χ3v) is 3.76. The molecule has 1 N–H and O–H groups in total. The van der Waals surface area contributed by atoms with E-state index < -0.39 is 9.84 Å². The topological polar surface area (TPSA) is 55.4 Å². The fourth-order valence-electron chi connectivity index (χ4n) is 1.58. The molecule has 0 unspecified atom stereocenters. The highest BCUT2D eigenvalue weighted by molar-refractivity contribution is 7.90. The van der Waals surface area contributed by atoms with Gasteiger partial charge in [-0.25, -0.2) is 8.42 Å². The molecule has 100 valence electrons. The molecule has 2 rings (SSSR count). The molecule has 0 aromatic heterocycles. The van der Waals surface area contributed by atoms with Gasteiger partial charge in [-0.15, -0.1) is 0 Å². The number of nitrogens with one attached hydrogen (secondary N) is 1. The van der Waals surface area contributed by atoms with Gasteiger partial charge in [0.2, 0.25) is 0 Å². The molecule has 0 aliphatic heterocycles. The summed E-state index contributed by atoms with van der Waals surface area (Å²) >= 11 is 0. The van der Waals surface area contributed by atoms with Gasteiger partial charge in [0.25, 0.3) is 0 Å². The third-order valence-electron chi connectivity index (χ3n) is 2.63. The van der Waals surface area contributed by atoms with Crippen molar-refractivity contribution in [2.75, 3.05) is 18.6 Å². The van der Waals surface area contributed by atoms with Crippen molar-refractivity contribution in [1.29, 1.82) is 0 Å². The Kier molecular flexibility index (Phi) is 3.76. The van der Waals surface area contributed by atoms with E-state index in [9.17, 15) is 8.42 Å². The third kappa shape index (κ3) is 3.48. The Bertz CT molecular complexity index is 646. The van der Waals surface area contributed by atoms with E-state index in [4.69, 9.17) is 4.74 Å². The standard InChI is InChI=1S/C14H15NO3S/c1-15-11-3-5-12(6-4-11)18-13-7-9-14(10-8-13)19(2,16)17/h3-10,15H,1-2H3.